The van der Waals surface area contributed by atoms with Crippen LogP contribution in [-0.4, -0.2) is 9.97 Å². The molecule has 23 heavy (non-hydrogen) atoms. The van der Waals surface area contributed by atoms with Crippen molar-refractivity contribution in [3.63, 3.8) is 0 Å². The molecule has 0 bridgehead atoms. The molecule has 1 heterocycles. The molecule has 2 heteroatoms. The molecule has 2 nitrogen and oxygen atoms in total. The van der Waals surface area contributed by atoms with Crippen molar-refractivity contribution in [1.29, 1.82) is 0 Å². The van der Waals surface area contributed by atoms with E-state index in [0.717, 1.165) is 5.69 Å². The van der Waals surface area contributed by atoms with E-state index in [1.54, 1.807) is 6.33 Å². The van der Waals surface area contributed by atoms with E-state index in [-0.39, 0.29) is 0 Å². The van der Waals surface area contributed by atoms with Crippen molar-refractivity contribution in [2.75, 3.05) is 0 Å². The normalized spacial score (nSPS) is 11.5. The third kappa shape index (κ3) is 13.1. The number of nitrogens with one attached hydrogen (secondary N) is 1. The summed E-state index contributed by atoms with van der Waals surface area (Å²) < 4.78 is 0. The van der Waals surface area contributed by atoms with E-state index in [0.29, 0.717) is 0 Å². The van der Waals surface area contributed by atoms with E-state index in [9.17, 15) is 0 Å². The summed E-state index contributed by atoms with van der Waals surface area (Å²) in [5, 5.41) is 0. The monoisotopic (exact) mass is 318 g/mol. The minimum absolute atomic E-state index is 1.04. The third-order valence-corrected chi connectivity index (χ3v) is 4.53. The number of nitrogens with zero attached hydrogens (tertiary/aromatic N) is 1. The van der Waals surface area contributed by atoms with Crippen molar-refractivity contribution < 1.29 is 0 Å². The van der Waals surface area contributed by atoms with Crippen molar-refractivity contribution >= 4 is 6.08 Å². The lowest BCUT2D eigenvalue weighted by Crippen LogP contribution is -1.83. The average Bonchev–Trinajstić information content (AvgIpc) is 3.08. The quantitative estimate of drug-likeness (QED) is 0.318. The van der Waals surface area contributed by atoms with Crippen molar-refractivity contribution in [3.8, 4) is 0 Å². The Morgan fingerprint density at radius 1 is 0.783 bits per heavy atom. The van der Waals surface area contributed by atoms with Crippen LogP contribution in [0.25, 0.3) is 6.08 Å². The molecular formula is C21H38N2. The van der Waals surface area contributed by atoms with Gasteiger partial charge in [-0.15, -0.1) is 0 Å². The number of hydrogen-bond donors (Lipinski definition) is 1. The van der Waals surface area contributed by atoms with Gasteiger partial charge in [0.2, 0.25) is 0 Å². The highest BCUT2D eigenvalue weighted by atomic mass is 14.8. The predicted octanol–water partition coefficient (Wildman–Crippen LogP) is 7.29. The topological polar surface area (TPSA) is 28.7 Å². The number of aromatic nitrogens is 2. The van der Waals surface area contributed by atoms with Crippen LogP contribution in [0, 0.1) is 0 Å². The van der Waals surface area contributed by atoms with Crippen LogP contribution >= 0.6 is 0 Å². The van der Waals surface area contributed by atoms with Gasteiger partial charge < -0.3 is 4.98 Å². The Balaban J connectivity index is 1.71. The van der Waals surface area contributed by atoms with Crippen LogP contribution in [-0.2, 0) is 0 Å². The lowest BCUT2D eigenvalue weighted by Gasteiger charge is -2.02. The zero-order valence-electron chi connectivity index (χ0n) is 15.4. The van der Waals surface area contributed by atoms with E-state index in [1.807, 2.05) is 6.20 Å². The van der Waals surface area contributed by atoms with E-state index in [4.69, 9.17) is 0 Å². The van der Waals surface area contributed by atoms with Gasteiger partial charge in [0.15, 0.2) is 0 Å². The lowest BCUT2D eigenvalue weighted by molar-refractivity contribution is 0.536. The molecule has 0 aliphatic heterocycles. The fourth-order valence-corrected chi connectivity index (χ4v) is 3.02. The highest BCUT2D eigenvalue weighted by Crippen LogP contribution is 2.13. The van der Waals surface area contributed by atoms with E-state index < -0.39 is 0 Å². The predicted molar refractivity (Wildman–Crippen MR) is 103 cm³/mol. The van der Waals surface area contributed by atoms with Gasteiger partial charge in [-0.1, -0.05) is 96.5 Å². The summed E-state index contributed by atoms with van der Waals surface area (Å²) in [6, 6.07) is 0. The van der Waals surface area contributed by atoms with Gasteiger partial charge in [0.1, 0.15) is 0 Å². The maximum atomic E-state index is 4.18. The Labute approximate surface area is 144 Å². The summed E-state index contributed by atoms with van der Waals surface area (Å²) in [6.07, 6.45) is 29.2. The zero-order valence-corrected chi connectivity index (χ0v) is 15.4. The highest BCUT2D eigenvalue weighted by Gasteiger charge is 1.94. The second-order valence-electron chi connectivity index (χ2n) is 6.78. The van der Waals surface area contributed by atoms with Crippen molar-refractivity contribution in [1.82, 2.24) is 9.97 Å². The first-order valence-electron chi connectivity index (χ1n) is 10.1. The number of imidazole rings is 1. The van der Waals surface area contributed by atoms with E-state index in [2.05, 4.69) is 29.0 Å². The maximum Gasteiger partial charge on any atom is 0.0927 e. The Morgan fingerprint density at radius 3 is 1.78 bits per heavy atom. The first kappa shape index (κ1) is 20.0. The van der Waals surface area contributed by atoms with Crippen LogP contribution in [0.15, 0.2) is 18.6 Å². The van der Waals surface area contributed by atoms with Crippen molar-refractivity contribution in [3.05, 3.63) is 24.3 Å². The summed E-state index contributed by atoms with van der Waals surface area (Å²) in [6.45, 7) is 2.29. The summed E-state index contributed by atoms with van der Waals surface area (Å²) in [5.41, 5.74) is 1.04. The molecule has 0 amide bonds. The molecule has 1 aromatic heterocycles. The van der Waals surface area contributed by atoms with Crippen LogP contribution in [0.3, 0.4) is 0 Å². The van der Waals surface area contributed by atoms with Gasteiger partial charge in [0.25, 0.3) is 0 Å². The molecular weight excluding hydrogens is 280 g/mol. The zero-order chi connectivity index (χ0) is 16.4. The SMILES string of the molecule is CCCCCCCCCCCCCCCCC=Cc1c[nH]cn1. The van der Waals surface area contributed by atoms with Gasteiger partial charge in [-0.05, 0) is 18.9 Å². The average molecular weight is 319 g/mol. The van der Waals surface area contributed by atoms with Crippen LogP contribution in [0.2, 0.25) is 0 Å². The Kier molecular flexibility index (Phi) is 13.8. The molecule has 0 unspecified atom stereocenters. The number of hydrogen-bond acceptors (Lipinski definition) is 1. The molecule has 0 aromatic carbocycles. The molecule has 0 radical (unpaired) electrons. The van der Waals surface area contributed by atoms with Gasteiger partial charge in [-0.2, -0.15) is 0 Å². The van der Waals surface area contributed by atoms with Crippen LogP contribution in [0.5, 0.6) is 0 Å². The first-order chi connectivity index (χ1) is 11.4. The molecule has 1 aromatic rings. The van der Waals surface area contributed by atoms with Crippen LogP contribution < -0.4 is 0 Å². The Morgan fingerprint density at radius 2 is 1.30 bits per heavy atom. The van der Waals surface area contributed by atoms with E-state index in [1.165, 1.54) is 96.3 Å². The number of rotatable bonds is 16. The Hall–Kier alpha value is -1.05. The van der Waals surface area contributed by atoms with Crippen LogP contribution in [0.4, 0.5) is 0 Å². The summed E-state index contributed by atoms with van der Waals surface area (Å²) in [4.78, 5) is 7.15. The second-order valence-corrected chi connectivity index (χ2v) is 6.78. The molecule has 0 fully saturated rings. The second kappa shape index (κ2) is 15.8. The molecule has 0 saturated heterocycles. The molecule has 0 saturated carbocycles. The molecule has 0 spiro atoms. The van der Waals surface area contributed by atoms with Gasteiger partial charge in [0.05, 0.1) is 12.0 Å². The van der Waals surface area contributed by atoms with Gasteiger partial charge in [-0.25, -0.2) is 4.98 Å². The summed E-state index contributed by atoms with van der Waals surface area (Å²) >= 11 is 0. The van der Waals surface area contributed by atoms with Crippen molar-refractivity contribution in [2.24, 2.45) is 0 Å². The lowest BCUT2D eigenvalue weighted by atomic mass is 10.0. The molecule has 1 rings (SSSR count). The Bertz CT molecular complexity index is 354. The third-order valence-electron chi connectivity index (χ3n) is 4.53. The number of unbranched alkanes of at least 4 members (excludes halogenated alkanes) is 14. The maximum absolute atomic E-state index is 4.18. The summed E-state index contributed by atoms with van der Waals surface area (Å²) in [5.74, 6) is 0. The highest BCUT2D eigenvalue weighted by molar-refractivity contribution is 5.42. The number of H-pyrrole nitrogens is 1. The molecule has 132 valence electrons. The van der Waals surface area contributed by atoms with E-state index >= 15 is 0 Å². The van der Waals surface area contributed by atoms with Crippen LogP contribution in [0.1, 0.15) is 109 Å². The fourth-order valence-electron chi connectivity index (χ4n) is 3.02. The molecule has 0 aliphatic rings. The largest absolute Gasteiger partial charge is 0.351 e. The smallest absolute Gasteiger partial charge is 0.0927 e. The first-order valence-corrected chi connectivity index (χ1v) is 10.1. The standard InChI is InChI=1S/C21H38N2/c1-2-3-4-5-6-7-8-9-10-11-12-13-14-15-16-17-18-21-19-22-20-23-21/h17-20H,2-16H2,1H3,(H,22,23). The van der Waals surface area contributed by atoms with Gasteiger partial charge in [-0.3, -0.25) is 0 Å². The summed E-state index contributed by atoms with van der Waals surface area (Å²) in [7, 11) is 0. The minimum Gasteiger partial charge on any atom is -0.351 e. The number of aromatic amines is 1. The van der Waals surface area contributed by atoms with Gasteiger partial charge >= 0.3 is 0 Å². The number of allylic oxidation sites excluding steroid dienone is 1. The van der Waals surface area contributed by atoms with Crippen molar-refractivity contribution in [2.45, 2.75) is 103 Å². The molecule has 0 atom stereocenters. The fraction of sp³-hybridized carbons (Fsp3) is 0.762. The van der Waals surface area contributed by atoms with Gasteiger partial charge in [0, 0.05) is 6.20 Å². The molecule has 0 aliphatic carbocycles. The minimum atomic E-state index is 1.04. The molecule has 1 N–H and O–H groups in total.